The maximum absolute atomic E-state index is 12.3. The number of nitrogens with zero attached hydrogens (tertiary/aromatic N) is 4. The van der Waals surface area contributed by atoms with Crippen molar-refractivity contribution in [1.82, 2.24) is 19.6 Å². The van der Waals surface area contributed by atoms with Gasteiger partial charge in [-0.15, -0.1) is 0 Å². The monoisotopic (exact) mass is 387 g/mol. The predicted molar refractivity (Wildman–Crippen MR) is 95.8 cm³/mol. The number of benzene rings is 1. The fraction of sp³-hybridized carbons (Fsp3) is 0.235. The van der Waals surface area contributed by atoms with E-state index >= 15 is 0 Å². The van der Waals surface area contributed by atoms with E-state index in [4.69, 9.17) is 0 Å². The van der Waals surface area contributed by atoms with E-state index in [0.29, 0.717) is 12.4 Å². The summed E-state index contributed by atoms with van der Waals surface area (Å²) < 4.78 is 4.24. The molecule has 0 saturated carbocycles. The first-order valence-corrected chi connectivity index (χ1v) is 8.40. The third-order valence-electron chi connectivity index (χ3n) is 3.70. The number of carbonyl (C=O) groups excluding carboxylic acids is 1. The highest BCUT2D eigenvalue weighted by Crippen LogP contribution is 2.14. The number of rotatable bonds is 5. The number of hydrogen-bond acceptors (Lipinski definition) is 3. The summed E-state index contributed by atoms with van der Waals surface area (Å²) in [5, 5.41) is 11.3. The minimum Gasteiger partial charge on any atom is -0.307 e. The van der Waals surface area contributed by atoms with Crippen LogP contribution in [-0.4, -0.2) is 25.5 Å². The first kappa shape index (κ1) is 16.4. The van der Waals surface area contributed by atoms with E-state index in [1.807, 2.05) is 6.20 Å². The number of anilines is 1. The molecule has 0 radical (unpaired) electrons. The number of aryl methyl sites for hydroxylation is 1. The Labute approximate surface area is 148 Å². The zero-order valence-corrected chi connectivity index (χ0v) is 15.1. The van der Waals surface area contributed by atoms with Crippen LogP contribution in [0.5, 0.6) is 0 Å². The van der Waals surface area contributed by atoms with Gasteiger partial charge in [0.1, 0.15) is 6.04 Å². The molecule has 3 rings (SSSR count). The van der Waals surface area contributed by atoms with Gasteiger partial charge >= 0.3 is 0 Å². The maximum atomic E-state index is 12.3. The lowest BCUT2D eigenvalue weighted by atomic mass is 10.1. The van der Waals surface area contributed by atoms with Crippen LogP contribution in [0.3, 0.4) is 0 Å². The van der Waals surface area contributed by atoms with E-state index in [-0.39, 0.29) is 5.91 Å². The van der Waals surface area contributed by atoms with Crippen molar-refractivity contribution in [3.05, 3.63) is 64.5 Å². The number of amides is 1. The first-order chi connectivity index (χ1) is 11.5. The molecule has 2 heterocycles. The van der Waals surface area contributed by atoms with Crippen LogP contribution < -0.4 is 5.32 Å². The molecule has 3 aromatic rings. The van der Waals surface area contributed by atoms with Crippen molar-refractivity contribution in [2.75, 3.05) is 5.32 Å². The maximum Gasteiger partial charge on any atom is 0.250 e. The molecule has 0 fully saturated rings. The summed E-state index contributed by atoms with van der Waals surface area (Å²) >= 11 is 3.32. The number of halogens is 1. The number of carbonyl (C=O) groups is 1. The molecular formula is C17H18BrN5O. The third kappa shape index (κ3) is 3.91. The zero-order valence-electron chi connectivity index (χ0n) is 13.5. The van der Waals surface area contributed by atoms with Gasteiger partial charge in [-0.05, 0) is 35.3 Å². The van der Waals surface area contributed by atoms with Gasteiger partial charge in [0.05, 0.1) is 17.2 Å². The Balaban J connectivity index is 1.63. The molecule has 1 unspecified atom stereocenters. The summed E-state index contributed by atoms with van der Waals surface area (Å²) in [5.74, 6) is 0.372. The van der Waals surface area contributed by atoms with Crippen LogP contribution in [0.1, 0.15) is 24.1 Å². The van der Waals surface area contributed by atoms with E-state index in [1.54, 1.807) is 34.7 Å². The Morgan fingerprint density at radius 1 is 1.29 bits per heavy atom. The van der Waals surface area contributed by atoms with Crippen molar-refractivity contribution >= 4 is 27.7 Å². The van der Waals surface area contributed by atoms with Crippen molar-refractivity contribution in [2.24, 2.45) is 0 Å². The standard InChI is InChI=1S/C17H18BrN5O/c1-12-3-5-14(6-4-12)10-22-8-7-16(21-22)20-17(24)13(2)23-11-15(18)9-19-23/h3-9,11,13H,10H2,1-2H3,(H,20,21,24). The molecule has 1 aromatic carbocycles. The van der Waals surface area contributed by atoms with Crippen molar-refractivity contribution in [3.63, 3.8) is 0 Å². The van der Waals surface area contributed by atoms with Crippen LogP contribution in [0.2, 0.25) is 0 Å². The quantitative estimate of drug-likeness (QED) is 0.729. The van der Waals surface area contributed by atoms with E-state index in [0.717, 1.165) is 10.0 Å². The van der Waals surface area contributed by atoms with Gasteiger partial charge in [0.25, 0.3) is 0 Å². The van der Waals surface area contributed by atoms with Crippen LogP contribution in [-0.2, 0) is 11.3 Å². The molecule has 124 valence electrons. The molecule has 24 heavy (non-hydrogen) atoms. The van der Waals surface area contributed by atoms with Crippen LogP contribution in [0.15, 0.2) is 53.4 Å². The lowest BCUT2D eigenvalue weighted by Gasteiger charge is -2.11. The van der Waals surface area contributed by atoms with E-state index < -0.39 is 6.04 Å². The topological polar surface area (TPSA) is 64.7 Å². The van der Waals surface area contributed by atoms with Crippen molar-refractivity contribution < 1.29 is 4.79 Å². The van der Waals surface area contributed by atoms with Gasteiger partial charge < -0.3 is 5.32 Å². The van der Waals surface area contributed by atoms with Crippen molar-refractivity contribution in [1.29, 1.82) is 0 Å². The van der Waals surface area contributed by atoms with E-state index in [2.05, 4.69) is 62.6 Å². The Morgan fingerprint density at radius 3 is 2.71 bits per heavy atom. The van der Waals surface area contributed by atoms with Gasteiger partial charge in [-0.1, -0.05) is 29.8 Å². The number of nitrogens with one attached hydrogen (secondary N) is 1. The molecule has 0 aliphatic heterocycles. The summed E-state index contributed by atoms with van der Waals surface area (Å²) in [7, 11) is 0. The van der Waals surface area contributed by atoms with Gasteiger partial charge in [0.15, 0.2) is 5.82 Å². The number of aromatic nitrogens is 4. The second-order valence-corrected chi connectivity index (χ2v) is 6.60. The second-order valence-electron chi connectivity index (χ2n) is 5.69. The molecule has 0 aliphatic carbocycles. The van der Waals surface area contributed by atoms with Gasteiger partial charge in [-0.3, -0.25) is 14.2 Å². The molecule has 0 bridgehead atoms. The average molecular weight is 388 g/mol. The minimum absolute atomic E-state index is 0.161. The van der Waals surface area contributed by atoms with Gasteiger partial charge in [0.2, 0.25) is 5.91 Å². The molecule has 1 amide bonds. The molecule has 7 heteroatoms. The highest BCUT2D eigenvalue weighted by Gasteiger charge is 2.16. The molecule has 1 N–H and O–H groups in total. The summed E-state index contributed by atoms with van der Waals surface area (Å²) in [6.07, 6.45) is 5.27. The van der Waals surface area contributed by atoms with Crippen LogP contribution in [0.25, 0.3) is 0 Å². The van der Waals surface area contributed by atoms with Crippen LogP contribution in [0, 0.1) is 6.92 Å². The molecule has 1 atom stereocenters. The second kappa shape index (κ2) is 7.00. The molecule has 0 saturated heterocycles. The SMILES string of the molecule is Cc1ccc(Cn2ccc(NC(=O)C(C)n3cc(Br)cn3)n2)cc1. The van der Waals surface area contributed by atoms with Crippen molar-refractivity contribution in [2.45, 2.75) is 26.4 Å². The summed E-state index contributed by atoms with van der Waals surface area (Å²) in [5.41, 5.74) is 2.39. The minimum atomic E-state index is -0.418. The van der Waals surface area contributed by atoms with E-state index in [1.165, 1.54) is 5.56 Å². The van der Waals surface area contributed by atoms with Gasteiger partial charge in [-0.25, -0.2) is 0 Å². The summed E-state index contributed by atoms with van der Waals surface area (Å²) in [6, 6.07) is 9.67. The Hall–Kier alpha value is -2.41. The smallest absolute Gasteiger partial charge is 0.250 e. The fourth-order valence-electron chi connectivity index (χ4n) is 2.27. The lowest BCUT2D eigenvalue weighted by molar-refractivity contribution is -0.119. The molecule has 6 nitrogen and oxygen atoms in total. The van der Waals surface area contributed by atoms with Gasteiger partial charge in [-0.2, -0.15) is 10.2 Å². The van der Waals surface area contributed by atoms with Crippen LogP contribution >= 0.6 is 15.9 Å². The van der Waals surface area contributed by atoms with E-state index in [9.17, 15) is 4.79 Å². The molecule has 0 aliphatic rings. The largest absolute Gasteiger partial charge is 0.307 e. The Morgan fingerprint density at radius 2 is 2.04 bits per heavy atom. The normalized spacial score (nSPS) is 12.1. The highest BCUT2D eigenvalue weighted by atomic mass is 79.9. The fourth-order valence-corrected chi connectivity index (χ4v) is 2.58. The number of hydrogen-bond donors (Lipinski definition) is 1. The third-order valence-corrected chi connectivity index (χ3v) is 4.11. The first-order valence-electron chi connectivity index (χ1n) is 7.61. The molecule has 2 aromatic heterocycles. The molecule has 0 spiro atoms. The van der Waals surface area contributed by atoms with Crippen molar-refractivity contribution in [3.8, 4) is 0 Å². The summed E-state index contributed by atoms with van der Waals surface area (Å²) in [6.45, 7) is 4.51. The zero-order chi connectivity index (χ0) is 17.1. The molecular weight excluding hydrogens is 370 g/mol. The average Bonchev–Trinajstić information content (AvgIpc) is 3.18. The summed E-state index contributed by atoms with van der Waals surface area (Å²) in [4.78, 5) is 12.3. The Bertz CT molecular complexity index is 837. The predicted octanol–water partition coefficient (Wildman–Crippen LogP) is 3.40. The van der Waals surface area contributed by atoms with Crippen LogP contribution in [0.4, 0.5) is 5.82 Å². The lowest BCUT2D eigenvalue weighted by Crippen LogP contribution is -2.24. The highest BCUT2D eigenvalue weighted by molar-refractivity contribution is 9.10. The van der Waals surface area contributed by atoms with Gasteiger partial charge in [0, 0.05) is 18.5 Å². The Kier molecular flexibility index (Phi) is 4.80.